The summed E-state index contributed by atoms with van der Waals surface area (Å²) in [5, 5.41) is 11.1. The number of unbranched alkanes of at least 4 members (excludes halogenated alkanes) is 1. The quantitative estimate of drug-likeness (QED) is 0.261. The summed E-state index contributed by atoms with van der Waals surface area (Å²) in [6, 6.07) is 13.2. The van der Waals surface area contributed by atoms with Gasteiger partial charge in [0.15, 0.2) is 0 Å². The zero-order chi connectivity index (χ0) is 23.1. The van der Waals surface area contributed by atoms with Crippen molar-refractivity contribution in [1.29, 1.82) is 0 Å². The molecule has 0 aliphatic carbocycles. The van der Waals surface area contributed by atoms with E-state index in [1.807, 2.05) is 0 Å². The molecule has 7 heteroatoms. The van der Waals surface area contributed by atoms with E-state index in [9.17, 15) is 14.7 Å². The number of para-hydroxylation sites is 1. The minimum absolute atomic E-state index is 0.0234. The van der Waals surface area contributed by atoms with Gasteiger partial charge in [0.1, 0.15) is 17.3 Å². The summed E-state index contributed by atoms with van der Waals surface area (Å²) in [5.74, 6) is -0.458. The zero-order valence-electron chi connectivity index (χ0n) is 18.7. The largest absolute Gasteiger partial charge is 0.507 e. The molecule has 0 bridgehead atoms. The maximum absolute atomic E-state index is 13.0. The van der Waals surface area contributed by atoms with Gasteiger partial charge in [-0.2, -0.15) is 0 Å². The molecule has 2 aromatic carbocycles. The van der Waals surface area contributed by atoms with Gasteiger partial charge in [0.05, 0.1) is 31.9 Å². The number of carbonyl (C=O) groups is 2. The molecule has 3 rings (SSSR count). The molecule has 0 saturated carbocycles. The number of hydrogen-bond donors (Lipinski definition) is 1. The number of hydrogen-bond acceptors (Lipinski definition) is 6. The van der Waals surface area contributed by atoms with Gasteiger partial charge in [-0.1, -0.05) is 31.5 Å². The highest BCUT2D eigenvalue weighted by atomic mass is 16.5. The van der Waals surface area contributed by atoms with E-state index in [0.717, 1.165) is 12.8 Å². The lowest BCUT2D eigenvalue weighted by molar-refractivity contribution is -0.140. The van der Waals surface area contributed by atoms with E-state index >= 15 is 0 Å². The van der Waals surface area contributed by atoms with Crippen molar-refractivity contribution < 1.29 is 28.9 Å². The highest BCUT2D eigenvalue weighted by molar-refractivity contribution is 6.46. The third-order valence-corrected chi connectivity index (χ3v) is 5.40. The number of ketones is 1. The van der Waals surface area contributed by atoms with Crippen LogP contribution in [0.25, 0.3) is 5.76 Å². The van der Waals surface area contributed by atoms with Crippen molar-refractivity contribution in [2.75, 3.05) is 34.0 Å². The fourth-order valence-electron chi connectivity index (χ4n) is 3.71. The molecule has 1 atom stereocenters. The van der Waals surface area contributed by atoms with Crippen molar-refractivity contribution >= 4 is 17.4 Å². The number of aliphatic hydroxyl groups excluding tert-OH is 1. The second-order valence-corrected chi connectivity index (χ2v) is 7.45. The van der Waals surface area contributed by atoms with E-state index in [1.54, 1.807) is 48.5 Å². The van der Waals surface area contributed by atoms with Crippen LogP contribution in [0.15, 0.2) is 54.1 Å². The third-order valence-electron chi connectivity index (χ3n) is 5.40. The van der Waals surface area contributed by atoms with E-state index < -0.39 is 17.7 Å². The Bertz CT molecular complexity index is 982. The number of Topliss-reactive ketones (excluding diaryl/α,β-unsaturated/α-hetero) is 1. The highest BCUT2D eigenvalue weighted by Crippen LogP contribution is 2.42. The first kappa shape index (κ1) is 23.3. The van der Waals surface area contributed by atoms with Crippen LogP contribution >= 0.6 is 0 Å². The normalized spacial score (nSPS) is 17.6. The molecule has 1 saturated heterocycles. The molecule has 1 aliphatic rings. The Morgan fingerprint density at radius 2 is 1.75 bits per heavy atom. The highest BCUT2D eigenvalue weighted by Gasteiger charge is 2.46. The van der Waals surface area contributed by atoms with Crippen molar-refractivity contribution in [3.8, 4) is 11.5 Å². The predicted octanol–water partition coefficient (Wildman–Crippen LogP) is 3.94. The summed E-state index contributed by atoms with van der Waals surface area (Å²) in [7, 11) is 3.05. The van der Waals surface area contributed by atoms with E-state index in [0.29, 0.717) is 29.2 Å². The van der Waals surface area contributed by atoms with Crippen molar-refractivity contribution in [1.82, 2.24) is 4.90 Å². The van der Waals surface area contributed by atoms with Crippen molar-refractivity contribution in [2.45, 2.75) is 25.8 Å². The molecule has 1 unspecified atom stereocenters. The van der Waals surface area contributed by atoms with Gasteiger partial charge >= 0.3 is 0 Å². The number of methoxy groups -OCH3 is 2. The number of aliphatic hydroxyl groups is 1. The average molecular weight is 440 g/mol. The molecule has 0 spiro atoms. The number of likely N-dealkylation sites (tertiary alicyclic amines) is 1. The summed E-state index contributed by atoms with van der Waals surface area (Å²) in [4.78, 5) is 27.3. The first-order valence-electron chi connectivity index (χ1n) is 10.7. The summed E-state index contributed by atoms with van der Waals surface area (Å²) in [6.45, 7) is 3.15. The number of carbonyl (C=O) groups excluding carboxylic acids is 2. The van der Waals surface area contributed by atoms with Crippen LogP contribution in [-0.2, 0) is 14.3 Å². The van der Waals surface area contributed by atoms with Gasteiger partial charge in [0.25, 0.3) is 11.7 Å². The number of ether oxygens (including phenoxy) is 3. The van der Waals surface area contributed by atoms with Crippen molar-refractivity contribution in [3.05, 3.63) is 65.2 Å². The van der Waals surface area contributed by atoms with Crippen LogP contribution in [0.4, 0.5) is 0 Å². The fraction of sp³-hybridized carbons (Fsp3) is 0.360. The molecule has 2 aromatic rings. The molecule has 0 aromatic heterocycles. The van der Waals surface area contributed by atoms with Gasteiger partial charge in [-0.25, -0.2) is 0 Å². The molecular formula is C25H29NO6. The van der Waals surface area contributed by atoms with Crippen LogP contribution in [0.2, 0.25) is 0 Å². The number of amides is 1. The Labute approximate surface area is 188 Å². The smallest absolute Gasteiger partial charge is 0.295 e. The van der Waals surface area contributed by atoms with Crippen LogP contribution in [0, 0.1) is 0 Å². The minimum Gasteiger partial charge on any atom is -0.507 e. The lowest BCUT2D eigenvalue weighted by atomic mass is 9.94. The van der Waals surface area contributed by atoms with E-state index in [1.165, 1.54) is 19.1 Å². The molecule has 0 radical (unpaired) electrons. The summed E-state index contributed by atoms with van der Waals surface area (Å²) in [6.07, 6.45) is 1.98. The average Bonchev–Trinajstić information content (AvgIpc) is 3.07. The fourth-order valence-corrected chi connectivity index (χ4v) is 3.71. The summed E-state index contributed by atoms with van der Waals surface area (Å²) >= 11 is 0. The molecule has 1 aliphatic heterocycles. The molecule has 170 valence electrons. The van der Waals surface area contributed by atoms with Gasteiger partial charge in [0.2, 0.25) is 0 Å². The van der Waals surface area contributed by atoms with Gasteiger partial charge in [-0.05, 0) is 36.8 Å². The number of nitrogens with zero attached hydrogens (tertiary/aromatic N) is 1. The standard InChI is InChI=1S/C25H29NO6/c1-4-5-15-32-18-12-10-17(11-13-18)23(27)21-22(19-8-6-7-9-20(19)31-3)26(14-16-30-2)25(29)24(21)28/h6-13,22,27H,4-5,14-16H2,1-3H3/b23-21+. The van der Waals surface area contributed by atoms with Gasteiger partial charge < -0.3 is 24.2 Å². The maximum Gasteiger partial charge on any atom is 0.295 e. The van der Waals surface area contributed by atoms with Gasteiger partial charge in [0, 0.05) is 24.8 Å². The van der Waals surface area contributed by atoms with Gasteiger partial charge in [-0.3, -0.25) is 9.59 Å². The molecule has 1 fully saturated rings. The first-order chi connectivity index (χ1) is 15.5. The van der Waals surface area contributed by atoms with Crippen LogP contribution in [0.5, 0.6) is 11.5 Å². The predicted molar refractivity (Wildman–Crippen MR) is 121 cm³/mol. The zero-order valence-corrected chi connectivity index (χ0v) is 18.7. The molecule has 1 N–H and O–H groups in total. The van der Waals surface area contributed by atoms with Gasteiger partial charge in [-0.15, -0.1) is 0 Å². The van der Waals surface area contributed by atoms with Crippen molar-refractivity contribution in [2.24, 2.45) is 0 Å². The second-order valence-electron chi connectivity index (χ2n) is 7.45. The molecule has 7 nitrogen and oxygen atoms in total. The SMILES string of the molecule is CCCCOc1ccc(/C(O)=C2\C(=O)C(=O)N(CCOC)C2c2ccccc2OC)cc1. The van der Waals surface area contributed by atoms with Crippen molar-refractivity contribution in [3.63, 3.8) is 0 Å². The lowest BCUT2D eigenvalue weighted by Gasteiger charge is -2.26. The molecule has 1 heterocycles. The van der Waals surface area contributed by atoms with Crippen LogP contribution in [-0.4, -0.2) is 55.7 Å². The summed E-state index contributed by atoms with van der Waals surface area (Å²) < 4.78 is 16.3. The van der Waals surface area contributed by atoms with E-state index in [4.69, 9.17) is 14.2 Å². The number of rotatable bonds is 10. The lowest BCUT2D eigenvalue weighted by Crippen LogP contribution is -2.32. The summed E-state index contributed by atoms with van der Waals surface area (Å²) in [5.41, 5.74) is 1.07. The second kappa shape index (κ2) is 10.8. The Morgan fingerprint density at radius 1 is 1.03 bits per heavy atom. The molecule has 1 amide bonds. The topological polar surface area (TPSA) is 85.3 Å². The Balaban J connectivity index is 2.05. The minimum atomic E-state index is -0.790. The van der Waals surface area contributed by atoms with Crippen LogP contribution in [0.3, 0.4) is 0 Å². The van der Waals surface area contributed by atoms with E-state index in [2.05, 4.69) is 6.92 Å². The van der Waals surface area contributed by atoms with Crippen LogP contribution < -0.4 is 9.47 Å². The van der Waals surface area contributed by atoms with E-state index in [-0.39, 0.29) is 24.5 Å². The monoisotopic (exact) mass is 439 g/mol. The maximum atomic E-state index is 13.0. The third kappa shape index (κ3) is 4.78. The molecular weight excluding hydrogens is 410 g/mol. The Kier molecular flexibility index (Phi) is 7.89. The number of benzene rings is 2. The Hall–Kier alpha value is -3.32. The van der Waals surface area contributed by atoms with Crippen LogP contribution in [0.1, 0.15) is 36.9 Å². The first-order valence-corrected chi connectivity index (χ1v) is 10.7. The molecule has 32 heavy (non-hydrogen) atoms. The Morgan fingerprint density at radius 3 is 2.41 bits per heavy atom.